The van der Waals surface area contributed by atoms with Crippen LogP contribution in [0.2, 0.25) is 0 Å². The van der Waals surface area contributed by atoms with Gasteiger partial charge in [-0.05, 0) is 67.1 Å². The summed E-state index contributed by atoms with van der Waals surface area (Å²) in [6, 6.07) is 4.54. The molecule has 0 spiro atoms. The van der Waals surface area contributed by atoms with E-state index in [9.17, 15) is 22.7 Å². The number of halogens is 6. The monoisotopic (exact) mass is 498 g/mol. The predicted octanol–water partition coefficient (Wildman–Crippen LogP) is 6.02. The smallest absolute Gasteiger partial charge is 0.401 e. The van der Waals surface area contributed by atoms with E-state index in [4.69, 9.17) is 0 Å². The Hall–Kier alpha value is -2.52. The molecule has 2 atom stereocenters. The quantitative estimate of drug-likeness (QED) is 0.494. The Morgan fingerprint density at radius 2 is 1.83 bits per heavy atom. The van der Waals surface area contributed by atoms with Crippen molar-refractivity contribution in [2.45, 2.75) is 44.4 Å². The van der Waals surface area contributed by atoms with Crippen LogP contribution in [-0.2, 0) is 6.42 Å². The third-order valence-corrected chi connectivity index (χ3v) is 6.73. The fourth-order valence-electron chi connectivity index (χ4n) is 5.20. The van der Waals surface area contributed by atoms with Crippen molar-refractivity contribution in [1.29, 1.82) is 0 Å². The van der Waals surface area contributed by atoms with E-state index < -0.39 is 48.7 Å². The molecule has 4 rings (SSSR count). The second kappa shape index (κ2) is 10.2. The van der Waals surface area contributed by atoms with Gasteiger partial charge in [0.05, 0.1) is 19.3 Å². The van der Waals surface area contributed by atoms with E-state index in [1.54, 1.807) is 13.0 Å². The van der Waals surface area contributed by atoms with Crippen molar-refractivity contribution in [3.8, 4) is 5.75 Å². The summed E-state index contributed by atoms with van der Waals surface area (Å²) >= 11 is 0. The third-order valence-electron chi connectivity index (χ3n) is 6.73. The summed E-state index contributed by atoms with van der Waals surface area (Å²) in [5, 5.41) is 9.86. The number of phenolic OH excluding ortho intramolecular Hbond substituents is 1. The molecular formula is C26H28F6N2O. The fraction of sp³-hybridized carbons (Fsp3) is 0.462. The molecule has 0 bridgehead atoms. The van der Waals surface area contributed by atoms with Gasteiger partial charge < -0.3 is 5.11 Å². The molecule has 1 N–H and O–H groups in total. The van der Waals surface area contributed by atoms with Gasteiger partial charge in [-0.2, -0.15) is 13.2 Å². The van der Waals surface area contributed by atoms with Gasteiger partial charge in [-0.15, -0.1) is 0 Å². The van der Waals surface area contributed by atoms with Crippen LogP contribution >= 0.6 is 0 Å². The third kappa shape index (κ3) is 5.83. The van der Waals surface area contributed by atoms with Crippen molar-refractivity contribution < 1.29 is 31.4 Å². The largest absolute Gasteiger partial charge is 0.508 e. The number of aromatic hydroxyl groups is 1. The number of rotatable bonds is 6. The first kappa shape index (κ1) is 25.6. The Morgan fingerprint density at radius 3 is 2.49 bits per heavy atom. The molecule has 2 aliphatic rings. The minimum absolute atomic E-state index is 0.0565. The molecule has 0 aliphatic carbocycles. The number of nitrogens with zero attached hydrogens (tertiary/aromatic N) is 2. The number of fused-ring (bicyclic) bond motifs is 1. The highest BCUT2D eigenvalue weighted by Crippen LogP contribution is 2.42. The van der Waals surface area contributed by atoms with Crippen LogP contribution in [-0.4, -0.2) is 60.0 Å². The second-order valence-electron chi connectivity index (χ2n) is 9.40. The molecule has 1 saturated heterocycles. The summed E-state index contributed by atoms with van der Waals surface area (Å²) in [5.74, 6) is -1.90. The lowest BCUT2D eigenvalue weighted by molar-refractivity contribution is -0.155. The zero-order chi connectivity index (χ0) is 25.3. The van der Waals surface area contributed by atoms with Gasteiger partial charge in [-0.25, -0.2) is 8.78 Å². The molecule has 3 nitrogen and oxygen atoms in total. The standard InChI is InChI=1S/C26H28F6N2O/c1-16-9-19-13-20(35)3-4-21(19)25(34(16)15-26(30,31)32)24-22(28)11-18(12-23(24)29)10-17-5-8-33(14-17)7-2-6-27/h3-4,10-13,16,25,35H,2,5-9,14-15H2,1H3/t16-,25+/m1/s1. The van der Waals surface area contributed by atoms with Crippen molar-refractivity contribution in [1.82, 2.24) is 9.80 Å². The summed E-state index contributed by atoms with van der Waals surface area (Å²) in [4.78, 5) is 3.13. The number of alkyl halides is 4. The van der Waals surface area contributed by atoms with Gasteiger partial charge in [0.25, 0.3) is 0 Å². The van der Waals surface area contributed by atoms with Crippen molar-refractivity contribution in [3.05, 3.63) is 69.8 Å². The molecule has 2 heterocycles. The summed E-state index contributed by atoms with van der Waals surface area (Å²) < 4.78 is 83.6. The first-order chi connectivity index (χ1) is 16.6. The number of phenols is 1. The van der Waals surface area contributed by atoms with Crippen LogP contribution in [0.4, 0.5) is 26.3 Å². The van der Waals surface area contributed by atoms with Gasteiger partial charge >= 0.3 is 6.18 Å². The first-order valence-electron chi connectivity index (χ1n) is 11.7. The van der Waals surface area contributed by atoms with Crippen molar-refractivity contribution >= 4 is 6.08 Å². The molecule has 35 heavy (non-hydrogen) atoms. The van der Waals surface area contributed by atoms with E-state index in [0.29, 0.717) is 42.6 Å². The Balaban J connectivity index is 1.71. The first-order valence-corrected chi connectivity index (χ1v) is 11.7. The predicted molar refractivity (Wildman–Crippen MR) is 122 cm³/mol. The number of hydrogen-bond donors (Lipinski definition) is 1. The molecule has 0 saturated carbocycles. The molecule has 2 aliphatic heterocycles. The molecular weight excluding hydrogens is 470 g/mol. The minimum atomic E-state index is -4.56. The SMILES string of the molecule is C[C@@H]1Cc2cc(O)ccc2[C@@H](c2c(F)cc(C=C3CCN(CCCF)C3)cc2F)N1CC(F)(F)F. The second-order valence-corrected chi connectivity index (χ2v) is 9.40. The summed E-state index contributed by atoms with van der Waals surface area (Å²) in [7, 11) is 0. The van der Waals surface area contributed by atoms with Crippen molar-refractivity contribution in [3.63, 3.8) is 0 Å². The lowest BCUT2D eigenvalue weighted by Crippen LogP contribution is -2.47. The average Bonchev–Trinajstić information content (AvgIpc) is 3.20. The van der Waals surface area contributed by atoms with Gasteiger partial charge in [0, 0.05) is 31.2 Å². The van der Waals surface area contributed by atoms with Gasteiger partial charge in [-0.1, -0.05) is 17.7 Å². The van der Waals surface area contributed by atoms with Crippen LogP contribution in [0.1, 0.15) is 48.1 Å². The molecule has 0 radical (unpaired) electrons. The van der Waals surface area contributed by atoms with E-state index in [-0.39, 0.29) is 12.2 Å². The molecule has 0 amide bonds. The Kier molecular flexibility index (Phi) is 7.47. The highest BCUT2D eigenvalue weighted by atomic mass is 19.4. The van der Waals surface area contributed by atoms with E-state index in [1.165, 1.54) is 18.2 Å². The van der Waals surface area contributed by atoms with Crippen LogP contribution in [0.3, 0.4) is 0 Å². The molecule has 190 valence electrons. The molecule has 0 unspecified atom stereocenters. The molecule has 1 fully saturated rings. The summed E-state index contributed by atoms with van der Waals surface area (Å²) in [6.07, 6.45) is -1.53. The van der Waals surface area contributed by atoms with E-state index in [2.05, 4.69) is 4.90 Å². The molecule has 2 aromatic carbocycles. The van der Waals surface area contributed by atoms with E-state index in [0.717, 1.165) is 29.2 Å². The lowest BCUT2D eigenvalue weighted by atomic mass is 9.84. The van der Waals surface area contributed by atoms with Crippen molar-refractivity contribution in [2.75, 3.05) is 32.9 Å². The fourth-order valence-corrected chi connectivity index (χ4v) is 5.20. The number of benzene rings is 2. The maximum Gasteiger partial charge on any atom is 0.401 e. The van der Waals surface area contributed by atoms with Crippen molar-refractivity contribution in [2.24, 2.45) is 0 Å². The number of likely N-dealkylation sites (tertiary alicyclic amines) is 1. The molecule has 0 aromatic heterocycles. The lowest BCUT2D eigenvalue weighted by Gasteiger charge is -2.42. The van der Waals surface area contributed by atoms with Gasteiger partial charge in [0.1, 0.15) is 17.4 Å². The maximum atomic E-state index is 15.4. The van der Waals surface area contributed by atoms with Gasteiger partial charge in [0.2, 0.25) is 0 Å². The Morgan fingerprint density at radius 1 is 1.11 bits per heavy atom. The minimum Gasteiger partial charge on any atom is -0.508 e. The van der Waals surface area contributed by atoms with E-state index in [1.807, 2.05) is 0 Å². The van der Waals surface area contributed by atoms with Crippen LogP contribution < -0.4 is 0 Å². The Labute approximate surface area is 200 Å². The van der Waals surface area contributed by atoms with Crippen LogP contribution in [0.15, 0.2) is 35.9 Å². The van der Waals surface area contributed by atoms with Crippen LogP contribution in [0.25, 0.3) is 6.08 Å². The van der Waals surface area contributed by atoms with E-state index >= 15 is 8.78 Å². The topological polar surface area (TPSA) is 26.7 Å². The highest BCUT2D eigenvalue weighted by Gasteiger charge is 2.42. The zero-order valence-electron chi connectivity index (χ0n) is 19.4. The molecule has 2 aromatic rings. The Bertz CT molecular complexity index is 1080. The zero-order valence-corrected chi connectivity index (χ0v) is 19.4. The highest BCUT2D eigenvalue weighted by molar-refractivity contribution is 5.56. The van der Waals surface area contributed by atoms with Crippen LogP contribution in [0, 0.1) is 11.6 Å². The number of hydrogen-bond acceptors (Lipinski definition) is 3. The molecule has 9 heteroatoms. The summed E-state index contributed by atoms with van der Waals surface area (Å²) in [6.45, 7) is 1.79. The maximum absolute atomic E-state index is 15.4. The normalized spacial score (nSPS) is 22.7. The summed E-state index contributed by atoms with van der Waals surface area (Å²) in [5.41, 5.74) is 1.72. The van der Waals surface area contributed by atoms with Crippen LogP contribution in [0.5, 0.6) is 5.75 Å². The van der Waals surface area contributed by atoms with Gasteiger partial charge in [0.15, 0.2) is 0 Å². The average molecular weight is 499 g/mol. The van der Waals surface area contributed by atoms with Gasteiger partial charge in [-0.3, -0.25) is 14.2 Å².